The molecule has 0 fully saturated rings. The topological polar surface area (TPSA) is 55.7 Å². The van der Waals surface area contributed by atoms with Gasteiger partial charge in [-0.3, -0.25) is 9.69 Å². The number of fused-ring (bicyclic) bond motifs is 2. The molecule has 0 spiro atoms. The lowest BCUT2D eigenvalue weighted by Gasteiger charge is -2.34. The summed E-state index contributed by atoms with van der Waals surface area (Å²) in [6, 6.07) is 9.97. The molecule has 1 atom stereocenters. The maximum atomic E-state index is 12.5. The Morgan fingerprint density at radius 2 is 2.04 bits per heavy atom. The van der Waals surface area contributed by atoms with Crippen LogP contribution in [0.15, 0.2) is 36.5 Å². The number of benzene rings is 1. The normalized spacial score (nSPS) is 19.8. The number of amides is 1. The molecule has 132 valence electrons. The molecular formula is C19H23N3O3. The van der Waals surface area contributed by atoms with Crippen molar-refractivity contribution >= 4 is 11.6 Å². The van der Waals surface area contributed by atoms with E-state index in [1.807, 2.05) is 18.2 Å². The third-order valence-corrected chi connectivity index (χ3v) is 4.85. The van der Waals surface area contributed by atoms with Crippen molar-refractivity contribution in [3.63, 3.8) is 0 Å². The molecule has 2 aliphatic rings. The van der Waals surface area contributed by atoms with Gasteiger partial charge in [0.2, 0.25) is 5.91 Å². The molecule has 6 nitrogen and oxygen atoms in total. The quantitative estimate of drug-likeness (QED) is 0.932. The van der Waals surface area contributed by atoms with Gasteiger partial charge in [0.1, 0.15) is 0 Å². The second-order valence-corrected chi connectivity index (χ2v) is 6.53. The molecule has 0 saturated carbocycles. The van der Waals surface area contributed by atoms with Crippen molar-refractivity contribution in [1.82, 2.24) is 9.47 Å². The Kier molecular flexibility index (Phi) is 4.36. The van der Waals surface area contributed by atoms with Crippen LogP contribution in [0.25, 0.3) is 0 Å². The Morgan fingerprint density at radius 3 is 2.92 bits per heavy atom. The fraction of sp³-hybridized carbons (Fsp3) is 0.421. The Balaban J connectivity index is 1.40. The van der Waals surface area contributed by atoms with E-state index >= 15 is 0 Å². The number of ether oxygens (including phenoxy) is 2. The predicted molar refractivity (Wildman–Crippen MR) is 95.1 cm³/mol. The minimum absolute atomic E-state index is 0.0126. The van der Waals surface area contributed by atoms with E-state index < -0.39 is 0 Å². The number of rotatable bonds is 3. The first-order valence-corrected chi connectivity index (χ1v) is 8.79. The highest BCUT2D eigenvalue weighted by atomic mass is 16.5. The molecule has 0 aliphatic carbocycles. The Morgan fingerprint density at radius 1 is 1.20 bits per heavy atom. The SMILES string of the molecule is CC1c2cccn2CCN1CC(=O)Nc1ccc2c(c1)OCCCO2. The number of carbonyl (C=O) groups is 1. The smallest absolute Gasteiger partial charge is 0.238 e. The molecule has 1 aromatic heterocycles. The van der Waals surface area contributed by atoms with E-state index in [0.717, 1.165) is 30.9 Å². The van der Waals surface area contributed by atoms with Gasteiger partial charge >= 0.3 is 0 Å². The molecule has 1 amide bonds. The van der Waals surface area contributed by atoms with Gasteiger partial charge in [0, 0.05) is 49.2 Å². The van der Waals surface area contributed by atoms with Crippen molar-refractivity contribution in [3.05, 3.63) is 42.2 Å². The number of hydrogen-bond donors (Lipinski definition) is 1. The van der Waals surface area contributed by atoms with E-state index in [9.17, 15) is 4.79 Å². The first kappa shape index (κ1) is 16.0. The van der Waals surface area contributed by atoms with Crippen molar-refractivity contribution < 1.29 is 14.3 Å². The molecule has 1 unspecified atom stereocenters. The summed E-state index contributed by atoms with van der Waals surface area (Å²) in [5, 5.41) is 2.98. The Labute approximate surface area is 147 Å². The molecule has 2 aliphatic heterocycles. The van der Waals surface area contributed by atoms with Crippen molar-refractivity contribution in [2.75, 3.05) is 31.6 Å². The van der Waals surface area contributed by atoms with E-state index in [-0.39, 0.29) is 11.9 Å². The first-order valence-electron chi connectivity index (χ1n) is 8.79. The van der Waals surface area contributed by atoms with Crippen LogP contribution in [0.2, 0.25) is 0 Å². The third-order valence-electron chi connectivity index (χ3n) is 4.85. The standard InChI is InChI=1S/C19H23N3O3/c1-14-16-4-2-7-21(16)8-9-22(14)13-19(23)20-15-5-6-17-18(12-15)25-11-3-10-24-17/h2,4-7,12,14H,3,8-11,13H2,1H3,(H,20,23). The summed E-state index contributed by atoms with van der Waals surface area (Å²) in [7, 11) is 0. The molecule has 1 aromatic carbocycles. The summed E-state index contributed by atoms with van der Waals surface area (Å²) in [6.07, 6.45) is 2.96. The lowest BCUT2D eigenvalue weighted by atomic mass is 10.1. The molecule has 1 N–H and O–H groups in total. The van der Waals surface area contributed by atoms with E-state index in [1.165, 1.54) is 5.69 Å². The highest BCUT2D eigenvalue weighted by molar-refractivity contribution is 5.92. The zero-order chi connectivity index (χ0) is 17.2. The molecule has 25 heavy (non-hydrogen) atoms. The zero-order valence-electron chi connectivity index (χ0n) is 14.4. The van der Waals surface area contributed by atoms with Crippen molar-refractivity contribution in [3.8, 4) is 11.5 Å². The van der Waals surface area contributed by atoms with Gasteiger partial charge in [-0.25, -0.2) is 0 Å². The Hall–Kier alpha value is -2.47. The monoisotopic (exact) mass is 341 g/mol. The van der Waals surface area contributed by atoms with E-state index in [1.54, 1.807) is 0 Å². The fourth-order valence-electron chi connectivity index (χ4n) is 3.47. The lowest BCUT2D eigenvalue weighted by Crippen LogP contribution is -2.41. The number of carbonyl (C=O) groups excluding carboxylic acids is 1. The van der Waals surface area contributed by atoms with Crippen LogP contribution in [0.3, 0.4) is 0 Å². The number of nitrogens with zero attached hydrogens (tertiary/aromatic N) is 2. The molecule has 3 heterocycles. The van der Waals surface area contributed by atoms with Gasteiger partial charge in [-0.2, -0.15) is 0 Å². The first-order chi connectivity index (χ1) is 12.2. The number of nitrogens with one attached hydrogen (secondary N) is 1. The molecule has 0 bridgehead atoms. The maximum absolute atomic E-state index is 12.5. The summed E-state index contributed by atoms with van der Waals surface area (Å²) < 4.78 is 13.6. The summed E-state index contributed by atoms with van der Waals surface area (Å²) in [5.74, 6) is 1.42. The van der Waals surface area contributed by atoms with Crippen molar-refractivity contribution in [2.45, 2.75) is 25.9 Å². The second-order valence-electron chi connectivity index (χ2n) is 6.53. The van der Waals surface area contributed by atoms with Crippen LogP contribution in [0, 0.1) is 0 Å². The summed E-state index contributed by atoms with van der Waals surface area (Å²) in [5.41, 5.74) is 2.00. The van der Waals surface area contributed by atoms with Gasteiger partial charge in [0.25, 0.3) is 0 Å². The third kappa shape index (κ3) is 3.35. The predicted octanol–water partition coefficient (Wildman–Crippen LogP) is 2.66. The Bertz CT molecular complexity index is 771. The summed E-state index contributed by atoms with van der Waals surface area (Å²) >= 11 is 0. The lowest BCUT2D eigenvalue weighted by molar-refractivity contribution is -0.118. The van der Waals surface area contributed by atoms with Gasteiger partial charge in [-0.15, -0.1) is 0 Å². The van der Waals surface area contributed by atoms with Gasteiger partial charge in [0.05, 0.1) is 19.8 Å². The largest absolute Gasteiger partial charge is 0.490 e. The molecule has 6 heteroatoms. The molecule has 4 rings (SSSR count). The van der Waals surface area contributed by atoms with E-state index in [2.05, 4.69) is 40.0 Å². The highest BCUT2D eigenvalue weighted by Crippen LogP contribution is 2.32. The van der Waals surface area contributed by atoms with Gasteiger partial charge in [-0.1, -0.05) is 0 Å². The number of anilines is 1. The van der Waals surface area contributed by atoms with Crippen LogP contribution in [-0.4, -0.2) is 41.7 Å². The summed E-state index contributed by atoms with van der Waals surface area (Å²) in [6.45, 7) is 5.61. The molecule has 2 aromatic rings. The maximum Gasteiger partial charge on any atom is 0.238 e. The molecule has 0 radical (unpaired) electrons. The van der Waals surface area contributed by atoms with E-state index in [4.69, 9.17) is 9.47 Å². The van der Waals surface area contributed by atoms with Gasteiger partial charge in [0.15, 0.2) is 11.5 Å². The van der Waals surface area contributed by atoms with Crippen LogP contribution < -0.4 is 14.8 Å². The van der Waals surface area contributed by atoms with Crippen LogP contribution >= 0.6 is 0 Å². The second kappa shape index (κ2) is 6.80. The van der Waals surface area contributed by atoms with Crippen molar-refractivity contribution in [1.29, 1.82) is 0 Å². The molecule has 0 saturated heterocycles. The average molecular weight is 341 g/mol. The fourth-order valence-corrected chi connectivity index (χ4v) is 3.47. The minimum atomic E-state index is -0.0126. The molecular weight excluding hydrogens is 318 g/mol. The zero-order valence-corrected chi connectivity index (χ0v) is 14.4. The van der Waals surface area contributed by atoms with Gasteiger partial charge in [-0.05, 0) is 31.2 Å². The van der Waals surface area contributed by atoms with Crippen LogP contribution in [0.1, 0.15) is 25.1 Å². The highest BCUT2D eigenvalue weighted by Gasteiger charge is 2.25. The van der Waals surface area contributed by atoms with Crippen molar-refractivity contribution in [2.24, 2.45) is 0 Å². The number of hydrogen-bond acceptors (Lipinski definition) is 4. The van der Waals surface area contributed by atoms with Crippen LogP contribution in [0.5, 0.6) is 11.5 Å². The van der Waals surface area contributed by atoms with Crippen LogP contribution in [-0.2, 0) is 11.3 Å². The van der Waals surface area contributed by atoms with E-state index in [0.29, 0.717) is 25.5 Å². The average Bonchev–Trinajstić information content (AvgIpc) is 2.96. The minimum Gasteiger partial charge on any atom is -0.490 e. The van der Waals surface area contributed by atoms with Gasteiger partial charge < -0.3 is 19.4 Å². The number of aromatic nitrogens is 1. The summed E-state index contributed by atoms with van der Waals surface area (Å²) in [4.78, 5) is 14.7. The van der Waals surface area contributed by atoms with Crippen LogP contribution in [0.4, 0.5) is 5.69 Å².